The summed E-state index contributed by atoms with van der Waals surface area (Å²) < 4.78 is 0. The van der Waals surface area contributed by atoms with E-state index in [-0.39, 0.29) is 18.6 Å². The molecule has 2 aromatic rings. The van der Waals surface area contributed by atoms with Crippen molar-refractivity contribution in [2.45, 2.75) is 63.9 Å². The number of nitrogens with one attached hydrogen (secondary N) is 3. The van der Waals surface area contributed by atoms with Gasteiger partial charge in [0.15, 0.2) is 6.04 Å². The third-order valence-corrected chi connectivity index (χ3v) is 5.94. The van der Waals surface area contributed by atoms with Crippen molar-refractivity contribution in [1.29, 1.82) is 0 Å². The van der Waals surface area contributed by atoms with Gasteiger partial charge >= 0.3 is 5.97 Å². The van der Waals surface area contributed by atoms with Gasteiger partial charge in [-0.25, -0.2) is 4.79 Å². The first-order chi connectivity index (χ1) is 17.9. The first-order valence-electron chi connectivity index (χ1n) is 12.3. The molecule has 206 valence electrons. The Morgan fingerprint density at radius 3 is 1.84 bits per heavy atom. The molecule has 2 rings (SSSR count). The van der Waals surface area contributed by atoms with Gasteiger partial charge in [0.2, 0.25) is 17.7 Å². The molecule has 11 heteroatoms. The van der Waals surface area contributed by atoms with Gasteiger partial charge in [0.25, 0.3) is 0 Å². The number of carboxylic acids is 1. The van der Waals surface area contributed by atoms with Crippen molar-refractivity contribution >= 4 is 23.7 Å². The van der Waals surface area contributed by atoms with E-state index < -0.39 is 59.9 Å². The zero-order valence-corrected chi connectivity index (χ0v) is 21.6. The standard InChI is InChI=1S/C27H36N4O7/c1-15(2)22(26(36)31-23(16(3)32)27(37)38)30-25(35)21(14-17-7-5-4-6-8-17)29-24(34)20(28)13-18-9-11-19(33)12-10-18/h4-12,15-16,20-23,32-33H,13-14,28H2,1-3H3,(H,29,34)(H,30,35)(H,31,36)(H,37,38). The molecule has 0 spiro atoms. The highest BCUT2D eigenvalue weighted by atomic mass is 16.4. The van der Waals surface area contributed by atoms with Crippen LogP contribution in [-0.2, 0) is 32.0 Å². The molecule has 11 nitrogen and oxygen atoms in total. The Kier molecular flexibility index (Phi) is 11.2. The summed E-state index contributed by atoms with van der Waals surface area (Å²) >= 11 is 0. The molecular formula is C27H36N4O7. The van der Waals surface area contributed by atoms with E-state index >= 15 is 0 Å². The summed E-state index contributed by atoms with van der Waals surface area (Å²) in [6, 6.07) is 10.4. The van der Waals surface area contributed by atoms with Crippen LogP contribution in [0.3, 0.4) is 0 Å². The molecule has 0 aliphatic rings. The summed E-state index contributed by atoms with van der Waals surface area (Å²) in [5.74, 6) is -3.79. The number of phenolic OH excluding ortho intramolecular Hbond substituents is 1. The van der Waals surface area contributed by atoms with E-state index in [9.17, 15) is 34.5 Å². The molecule has 8 N–H and O–H groups in total. The lowest BCUT2D eigenvalue weighted by molar-refractivity contribution is -0.145. The quantitative estimate of drug-likeness (QED) is 0.190. The Morgan fingerprint density at radius 1 is 0.763 bits per heavy atom. The lowest BCUT2D eigenvalue weighted by atomic mass is 9.99. The monoisotopic (exact) mass is 528 g/mol. The second kappa shape index (κ2) is 14.1. The highest BCUT2D eigenvalue weighted by molar-refractivity contribution is 5.94. The van der Waals surface area contributed by atoms with E-state index in [0.29, 0.717) is 0 Å². The van der Waals surface area contributed by atoms with Crippen LogP contribution in [0.4, 0.5) is 0 Å². The van der Waals surface area contributed by atoms with Crippen molar-refractivity contribution in [1.82, 2.24) is 16.0 Å². The van der Waals surface area contributed by atoms with Crippen molar-refractivity contribution in [3.05, 3.63) is 65.7 Å². The number of amides is 3. The Bertz CT molecular complexity index is 1090. The highest BCUT2D eigenvalue weighted by Gasteiger charge is 2.33. The SMILES string of the molecule is CC(C)C(NC(=O)C(Cc1ccccc1)NC(=O)C(N)Cc1ccc(O)cc1)C(=O)NC(C(=O)O)C(C)O. The van der Waals surface area contributed by atoms with Gasteiger partial charge in [-0.1, -0.05) is 56.3 Å². The number of benzene rings is 2. The van der Waals surface area contributed by atoms with Gasteiger partial charge in [-0.3, -0.25) is 14.4 Å². The molecule has 0 saturated heterocycles. The number of nitrogens with two attached hydrogens (primary N) is 1. The van der Waals surface area contributed by atoms with Crippen molar-refractivity contribution in [2.24, 2.45) is 11.7 Å². The van der Waals surface area contributed by atoms with Gasteiger partial charge in [0.1, 0.15) is 17.8 Å². The van der Waals surface area contributed by atoms with Crippen molar-refractivity contribution in [2.75, 3.05) is 0 Å². The highest BCUT2D eigenvalue weighted by Crippen LogP contribution is 2.12. The summed E-state index contributed by atoms with van der Waals surface area (Å²) in [4.78, 5) is 50.5. The molecule has 5 unspecified atom stereocenters. The molecule has 0 aromatic heterocycles. The van der Waals surface area contributed by atoms with E-state index in [1.54, 1.807) is 50.2 Å². The van der Waals surface area contributed by atoms with Crippen LogP contribution in [-0.4, -0.2) is 69.3 Å². The zero-order chi connectivity index (χ0) is 28.4. The number of carbonyl (C=O) groups excluding carboxylic acids is 3. The normalized spacial score (nSPS) is 15.0. The largest absolute Gasteiger partial charge is 0.508 e. The van der Waals surface area contributed by atoms with E-state index in [1.807, 2.05) is 6.07 Å². The summed E-state index contributed by atoms with van der Waals surface area (Å²) in [5.41, 5.74) is 7.56. The Labute approximate surface area is 221 Å². The van der Waals surface area contributed by atoms with Crippen LogP contribution in [0, 0.1) is 5.92 Å². The lowest BCUT2D eigenvalue weighted by Gasteiger charge is -2.27. The third-order valence-electron chi connectivity index (χ3n) is 5.94. The molecule has 0 heterocycles. The predicted octanol–water partition coefficient (Wildman–Crippen LogP) is 0.0805. The molecule has 0 aliphatic carbocycles. The number of carbonyl (C=O) groups is 4. The van der Waals surface area contributed by atoms with Crippen LogP contribution in [0.25, 0.3) is 0 Å². The van der Waals surface area contributed by atoms with Gasteiger partial charge in [-0.05, 0) is 42.5 Å². The molecule has 5 atom stereocenters. The van der Waals surface area contributed by atoms with Gasteiger partial charge < -0.3 is 37.0 Å². The van der Waals surface area contributed by atoms with E-state index in [4.69, 9.17) is 5.73 Å². The minimum absolute atomic E-state index is 0.0817. The number of carboxylic acid groups (broad SMARTS) is 1. The lowest BCUT2D eigenvalue weighted by Crippen LogP contribution is -2.60. The Balaban J connectivity index is 2.19. The second-order valence-electron chi connectivity index (χ2n) is 9.52. The number of phenols is 1. The van der Waals surface area contributed by atoms with E-state index in [2.05, 4.69) is 16.0 Å². The molecule has 0 saturated carbocycles. The molecule has 0 radical (unpaired) electrons. The number of hydrogen-bond acceptors (Lipinski definition) is 7. The molecular weight excluding hydrogens is 492 g/mol. The number of aliphatic hydroxyl groups excluding tert-OH is 1. The van der Waals surface area contributed by atoms with Gasteiger partial charge in [-0.2, -0.15) is 0 Å². The average molecular weight is 529 g/mol. The first-order valence-corrected chi connectivity index (χ1v) is 12.3. The Morgan fingerprint density at radius 2 is 1.32 bits per heavy atom. The van der Waals surface area contributed by atoms with E-state index in [0.717, 1.165) is 11.1 Å². The summed E-state index contributed by atoms with van der Waals surface area (Å²) in [7, 11) is 0. The summed E-state index contributed by atoms with van der Waals surface area (Å²) in [5, 5.41) is 36.0. The fraction of sp³-hybridized carbons (Fsp3) is 0.407. The predicted molar refractivity (Wildman–Crippen MR) is 140 cm³/mol. The van der Waals surface area contributed by atoms with Gasteiger partial charge in [0, 0.05) is 6.42 Å². The zero-order valence-electron chi connectivity index (χ0n) is 21.6. The minimum atomic E-state index is -1.56. The number of aliphatic hydroxyl groups is 1. The molecule has 2 aromatic carbocycles. The fourth-order valence-electron chi connectivity index (χ4n) is 3.74. The number of rotatable bonds is 13. The van der Waals surface area contributed by atoms with Crippen molar-refractivity contribution in [3.8, 4) is 5.75 Å². The van der Waals surface area contributed by atoms with Crippen LogP contribution < -0.4 is 21.7 Å². The summed E-state index contributed by atoms with van der Waals surface area (Å²) in [6.07, 6.45) is -1.08. The van der Waals surface area contributed by atoms with Crippen LogP contribution in [0.1, 0.15) is 31.9 Å². The molecule has 3 amide bonds. The number of aromatic hydroxyl groups is 1. The maximum absolute atomic E-state index is 13.3. The van der Waals surface area contributed by atoms with Crippen molar-refractivity contribution < 1.29 is 34.5 Å². The smallest absolute Gasteiger partial charge is 0.328 e. The number of hydrogen-bond donors (Lipinski definition) is 7. The second-order valence-corrected chi connectivity index (χ2v) is 9.52. The minimum Gasteiger partial charge on any atom is -0.508 e. The first kappa shape index (κ1) is 30.3. The van der Waals surface area contributed by atoms with Crippen LogP contribution in [0.15, 0.2) is 54.6 Å². The average Bonchev–Trinajstić information content (AvgIpc) is 2.86. The third kappa shape index (κ3) is 9.16. The molecule has 0 fully saturated rings. The molecule has 0 aliphatic heterocycles. The molecule has 0 bridgehead atoms. The molecule has 38 heavy (non-hydrogen) atoms. The van der Waals surface area contributed by atoms with Gasteiger partial charge in [0.05, 0.1) is 12.1 Å². The maximum atomic E-state index is 13.3. The topological polar surface area (TPSA) is 191 Å². The van der Waals surface area contributed by atoms with Gasteiger partial charge in [-0.15, -0.1) is 0 Å². The van der Waals surface area contributed by atoms with Crippen LogP contribution in [0.5, 0.6) is 5.75 Å². The fourth-order valence-corrected chi connectivity index (χ4v) is 3.74. The van der Waals surface area contributed by atoms with E-state index in [1.165, 1.54) is 19.1 Å². The van der Waals surface area contributed by atoms with Crippen LogP contribution >= 0.6 is 0 Å². The van der Waals surface area contributed by atoms with Crippen LogP contribution in [0.2, 0.25) is 0 Å². The number of aliphatic carboxylic acids is 1. The Hall–Kier alpha value is -3.96. The maximum Gasteiger partial charge on any atom is 0.328 e. The summed E-state index contributed by atoms with van der Waals surface area (Å²) in [6.45, 7) is 4.57. The van der Waals surface area contributed by atoms with Crippen molar-refractivity contribution in [3.63, 3.8) is 0 Å².